The minimum Gasteiger partial charge on any atom is -0.385 e. The smallest absolute Gasteiger partial charge is 0.199 e. The monoisotopic (exact) mass is 321 g/mol. The van der Waals surface area contributed by atoms with Gasteiger partial charge in [-0.2, -0.15) is 5.10 Å². The Labute approximate surface area is 136 Å². The number of nitrogens with zero attached hydrogens (tertiary/aromatic N) is 5. The minimum atomic E-state index is 0.674. The Bertz CT molecular complexity index is 637. The largest absolute Gasteiger partial charge is 0.385 e. The molecule has 0 atom stereocenters. The molecule has 0 saturated heterocycles. The molecule has 0 amide bonds. The molecule has 2 heterocycles. The minimum absolute atomic E-state index is 0.674. The van der Waals surface area contributed by atoms with Crippen molar-refractivity contribution in [2.24, 2.45) is 0 Å². The highest BCUT2D eigenvalue weighted by molar-refractivity contribution is 7.71. The lowest BCUT2D eigenvalue weighted by Gasteiger charge is -2.15. The van der Waals surface area contributed by atoms with Gasteiger partial charge in [-0.05, 0) is 44.7 Å². The van der Waals surface area contributed by atoms with Gasteiger partial charge in [0.25, 0.3) is 0 Å². The molecule has 120 valence electrons. The normalized spacial score (nSPS) is 11.3. The van der Waals surface area contributed by atoms with Gasteiger partial charge in [0.05, 0.1) is 6.67 Å². The number of pyridine rings is 1. The van der Waals surface area contributed by atoms with Crippen LogP contribution < -0.4 is 0 Å². The van der Waals surface area contributed by atoms with E-state index in [-0.39, 0.29) is 0 Å². The molecule has 7 heteroatoms. The molecule has 2 aromatic heterocycles. The Hall–Kier alpha value is -1.57. The van der Waals surface area contributed by atoms with Crippen LogP contribution in [0.15, 0.2) is 24.5 Å². The zero-order chi connectivity index (χ0) is 15.9. The standard InChI is InChI=1S/C15H23N5OS/c1-4-19-14(13-6-8-16-9-7-13)17-20(15(19)22)12-18(2)10-5-11-21-3/h6-9H,4-5,10-12H2,1-3H3. The van der Waals surface area contributed by atoms with E-state index >= 15 is 0 Å². The summed E-state index contributed by atoms with van der Waals surface area (Å²) in [6.07, 6.45) is 4.54. The van der Waals surface area contributed by atoms with Crippen LogP contribution >= 0.6 is 12.2 Å². The van der Waals surface area contributed by atoms with Crippen LogP contribution in [0.3, 0.4) is 0 Å². The first-order valence-electron chi connectivity index (χ1n) is 7.43. The van der Waals surface area contributed by atoms with Crippen LogP contribution in [0.5, 0.6) is 0 Å². The SMILES string of the molecule is CCn1c(-c2ccncc2)nn(CN(C)CCCOC)c1=S. The molecule has 0 aliphatic rings. The first-order valence-corrected chi connectivity index (χ1v) is 7.83. The highest BCUT2D eigenvalue weighted by Gasteiger charge is 2.12. The zero-order valence-electron chi connectivity index (χ0n) is 13.4. The third-order valence-corrected chi connectivity index (χ3v) is 3.87. The van der Waals surface area contributed by atoms with E-state index in [0.717, 1.165) is 42.3 Å². The second kappa shape index (κ2) is 8.17. The van der Waals surface area contributed by atoms with Crippen LogP contribution in [-0.4, -0.2) is 51.5 Å². The van der Waals surface area contributed by atoms with E-state index in [9.17, 15) is 0 Å². The zero-order valence-corrected chi connectivity index (χ0v) is 14.2. The van der Waals surface area contributed by atoms with Crippen molar-refractivity contribution in [2.75, 3.05) is 27.3 Å². The maximum atomic E-state index is 5.56. The van der Waals surface area contributed by atoms with Crippen molar-refractivity contribution in [2.45, 2.75) is 26.6 Å². The Balaban J connectivity index is 2.20. The Morgan fingerprint density at radius 2 is 2.05 bits per heavy atom. The van der Waals surface area contributed by atoms with E-state index in [2.05, 4.69) is 23.9 Å². The van der Waals surface area contributed by atoms with Crippen molar-refractivity contribution in [1.29, 1.82) is 0 Å². The molecule has 0 bridgehead atoms. The summed E-state index contributed by atoms with van der Waals surface area (Å²) in [7, 11) is 3.79. The predicted octanol–water partition coefficient (Wildman–Crippen LogP) is 2.42. The van der Waals surface area contributed by atoms with E-state index in [1.54, 1.807) is 19.5 Å². The Morgan fingerprint density at radius 1 is 1.32 bits per heavy atom. The fourth-order valence-corrected chi connectivity index (χ4v) is 2.63. The summed E-state index contributed by atoms with van der Waals surface area (Å²) < 4.78 is 9.75. The molecular weight excluding hydrogens is 298 g/mol. The lowest BCUT2D eigenvalue weighted by molar-refractivity contribution is 0.168. The number of ether oxygens (including phenoxy) is 1. The maximum absolute atomic E-state index is 5.56. The van der Waals surface area contributed by atoms with E-state index in [1.165, 1.54) is 0 Å². The van der Waals surface area contributed by atoms with Gasteiger partial charge in [0.15, 0.2) is 10.6 Å². The fourth-order valence-electron chi connectivity index (χ4n) is 2.31. The number of hydrogen-bond donors (Lipinski definition) is 0. The van der Waals surface area contributed by atoms with Gasteiger partial charge in [-0.3, -0.25) is 9.88 Å². The molecule has 0 radical (unpaired) electrons. The van der Waals surface area contributed by atoms with Crippen molar-refractivity contribution in [1.82, 2.24) is 24.2 Å². The van der Waals surface area contributed by atoms with Gasteiger partial charge >= 0.3 is 0 Å². The lowest BCUT2D eigenvalue weighted by atomic mass is 10.2. The van der Waals surface area contributed by atoms with Gasteiger partial charge in [-0.25, -0.2) is 4.68 Å². The molecule has 2 aromatic rings. The molecule has 2 rings (SSSR count). The Morgan fingerprint density at radius 3 is 2.68 bits per heavy atom. The number of aromatic nitrogens is 4. The third-order valence-electron chi connectivity index (χ3n) is 3.44. The molecule has 0 fully saturated rings. The summed E-state index contributed by atoms with van der Waals surface area (Å²) in [5.74, 6) is 0.889. The van der Waals surface area contributed by atoms with Gasteiger partial charge in [-0.15, -0.1) is 0 Å². The lowest BCUT2D eigenvalue weighted by Crippen LogP contribution is -2.24. The van der Waals surface area contributed by atoms with Crippen molar-refractivity contribution in [3.63, 3.8) is 0 Å². The van der Waals surface area contributed by atoms with Crippen LogP contribution in [0.25, 0.3) is 11.4 Å². The summed E-state index contributed by atoms with van der Waals surface area (Å²) >= 11 is 5.56. The van der Waals surface area contributed by atoms with Crippen LogP contribution in [-0.2, 0) is 18.0 Å². The van der Waals surface area contributed by atoms with Crippen LogP contribution in [0, 0.1) is 4.77 Å². The molecule has 0 saturated carbocycles. The van der Waals surface area contributed by atoms with E-state index in [0.29, 0.717) is 6.67 Å². The summed E-state index contributed by atoms with van der Waals surface area (Å²) in [5.41, 5.74) is 1.03. The summed E-state index contributed by atoms with van der Waals surface area (Å²) in [5, 5.41) is 4.69. The van der Waals surface area contributed by atoms with Crippen molar-refractivity contribution in [3.05, 3.63) is 29.3 Å². The first-order chi connectivity index (χ1) is 10.7. The second-order valence-corrected chi connectivity index (χ2v) is 5.52. The van der Waals surface area contributed by atoms with Gasteiger partial charge in [-0.1, -0.05) is 0 Å². The molecule has 0 aliphatic carbocycles. The van der Waals surface area contributed by atoms with Crippen molar-refractivity contribution >= 4 is 12.2 Å². The average Bonchev–Trinajstić information content (AvgIpc) is 2.84. The average molecular weight is 321 g/mol. The van der Waals surface area contributed by atoms with Crippen molar-refractivity contribution in [3.8, 4) is 11.4 Å². The van der Waals surface area contributed by atoms with E-state index < -0.39 is 0 Å². The molecule has 0 unspecified atom stereocenters. The topological polar surface area (TPSA) is 48.1 Å². The van der Waals surface area contributed by atoms with Crippen LogP contribution in [0.4, 0.5) is 0 Å². The number of hydrogen-bond acceptors (Lipinski definition) is 5. The molecular formula is C15H23N5OS. The molecule has 22 heavy (non-hydrogen) atoms. The molecule has 0 aliphatic heterocycles. The summed E-state index contributed by atoms with van der Waals surface area (Å²) in [4.78, 5) is 6.25. The first kappa shape index (κ1) is 16.8. The fraction of sp³-hybridized carbons (Fsp3) is 0.533. The molecule has 0 N–H and O–H groups in total. The van der Waals surface area contributed by atoms with Crippen LogP contribution in [0.1, 0.15) is 13.3 Å². The molecule has 0 aromatic carbocycles. The predicted molar refractivity (Wildman–Crippen MR) is 89.1 cm³/mol. The van der Waals surface area contributed by atoms with Gasteiger partial charge in [0.1, 0.15) is 0 Å². The number of methoxy groups -OCH3 is 1. The summed E-state index contributed by atoms with van der Waals surface area (Å²) in [6.45, 7) is 5.26. The van der Waals surface area contributed by atoms with Gasteiger partial charge in [0.2, 0.25) is 0 Å². The second-order valence-electron chi connectivity index (χ2n) is 5.15. The highest BCUT2D eigenvalue weighted by Crippen LogP contribution is 2.17. The van der Waals surface area contributed by atoms with E-state index in [4.69, 9.17) is 22.1 Å². The van der Waals surface area contributed by atoms with E-state index in [1.807, 2.05) is 21.4 Å². The van der Waals surface area contributed by atoms with Crippen molar-refractivity contribution < 1.29 is 4.74 Å². The molecule has 6 nitrogen and oxygen atoms in total. The van der Waals surface area contributed by atoms with Crippen LogP contribution in [0.2, 0.25) is 0 Å². The quantitative estimate of drug-likeness (QED) is 0.552. The van der Waals surface area contributed by atoms with Gasteiger partial charge < -0.3 is 9.30 Å². The maximum Gasteiger partial charge on any atom is 0.199 e. The highest BCUT2D eigenvalue weighted by atomic mass is 32.1. The molecule has 0 spiro atoms. The third kappa shape index (κ3) is 4.00. The van der Waals surface area contributed by atoms with Gasteiger partial charge in [0, 0.05) is 44.8 Å². The Kier molecular flexibility index (Phi) is 6.23. The number of rotatable bonds is 8. The summed E-state index contributed by atoms with van der Waals surface area (Å²) in [6, 6.07) is 3.91.